The van der Waals surface area contributed by atoms with E-state index in [2.05, 4.69) is 25.5 Å². The average molecular weight is 351 g/mol. The Morgan fingerprint density at radius 2 is 2.09 bits per heavy atom. The summed E-state index contributed by atoms with van der Waals surface area (Å²) in [5, 5.41) is 21.6. The van der Waals surface area contributed by atoms with Gasteiger partial charge in [-0.25, -0.2) is 0 Å². The first-order valence-corrected chi connectivity index (χ1v) is 7.90. The molecule has 0 radical (unpaired) electrons. The van der Waals surface area contributed by atoms with Crippen LogP contribution in [0.25, 0.3) is 27.1 Å². The molecule has 6 nitrogen and oxygen atoms in total. The van der Waals surface area contributed by atoms with E-state index in [-0.39, 0.29) is 0 Å². The zero-order valence-corrected chi connectivity index (χ0v) is 13.5. The summed E-state index contributed by atoms with van der Waals surface area (Å²) in [5.74, 6) is 0.553. The molecule has 0 saturated heterocycles. The van der Waals surface area contributed by atoms with Gasteiger partial charge in [0.25, 0.3) is 0 Å². The summed E-state index contributed by atoms with van der Waals surface area (Å²) in [6.07, 6.45) is 0. The first-order valence-electron chi connectivity index (χ1n) is 6.32. The van der Waals surface area contributed by atoms with Crippen LogP contribution in [0.3, 0.4) is 0 Å². The maximum absolute atomic E-state index is 6.26. The lowest BCUT2D eigenvalue weighted by atomic mass is 10.2. The molecule has 1 aromatic carbocycles. The van der Waals surface area contributed by atoms with Crippen LogP contribution in [0.4, 0.5) is 0 Å². The average Bonchev–Trinajstić information content (AvgIpc) is 3.17. The van der Waals surface area contributed by atoms with Gasteiger partial charge in [0.2, 0.25) is 4.96 Å². The number of hydrogen-bond acceptors (Lipinski definition) is 5. The predicted molar refractivity (Wildman–Crippen MR) is 86.4 cm³/mol. The standard InChI is InChI=1S/C13H8Cl2N6S/c1-6-5-9(17-16-6)12-20-21-11(18-19-13(21)22-12)7-3-2-4-8(14)10(7)15/h2-5H,1H3,(H,16,17). The largest absolute Gasteiger partial charge is 0.282 e. The fourth-order valence-electron chi connectivity index (χ4n) is 2.09. The maximum Gasteiger partial charge on any atom is 0.235 e. The minimum atomic E-state index is 0.434. The molecular formula is C13H8Cl2N6S. The first kappa shape index (κ1) is 13.7. The molecule has 3 aromatic heterocycles. The smallest absolute Gasteiger partial charge is 0.235 e. The predicted octanol–water partition coefficient (Wildman–Crippen LogP) is 3.86. The zero-order valence-electron chi connectivity index (χ0n) is 11.2. The molecule has 4 rings (SSSR count). The molecule has 0 unspecified atom stereocenters. The van der Waals surface area contributed by atoms with Crippen LogP contribution in [0.1, 0.15) is 5.69 Å². The van der Waals surface area contributed by atoms with Crippen molar-refractivity contribution < 1.29 is 0 Å². The first-order chi connectivity index (χ1) is 10.6. The normalized spacial score (nSPS) is 11.4. The Morgan fingerprint density at radius 3 is 2.86 bits per heavy atom. The van der Waals surface area contributed by atoms with Crippen LogP contribution in [0.15, 0.2) is 24.3 Å². The van der Waals surface area contributed by atoms with Gasteiger partial charge in [0, 0.05) is 11.3 Å². The van der Waals surface area contributed by atoms with Crippen LogP contribution in [0.5, 0.6) is 0 Å². The number of fused-ring (bicyclic) bond motifs is 1. The molecule has 4 aromatic rings. The summed E-state index contributed by atoms with van der Waals surface area (Å²) >= 11 is 13.7. The molecule has 0 atom stereocenters. The zero-order chi connectivity index (χ0) is 15.3. The van der Waals surface area contributed by atoms with E-state index >= 15 is 0 Å². The SMILES string of the molecule is Cc1cc(-c2nn3c(-c4cccc(Cl)c4Cl)nnc3s2)n[nH]1. The van der Waals surface area contributed by atoms with E-state index in [9.17, 15) is 0 Å². The summed E-state index contributed by atoms with van der Waals surface area (Å²) < 4.78 is 1.65. The van der Waals surface area contributed by atoms with E-state index in [0.29, 0.717) is 26.4 Å². The second kappa shape index (κ2) is 5.05. The molecule has 0 amide bonds. The van der Waals surface area contributed by atoms with Crippen LogP contribution < -0.4 is 0 Å². The van der Waals surface area contributed by atoms with E-state index in [0.717, 1.165) is 16.4 Å². The van der Waals surface area contributed by atoms with Gasteiger partial charge < -0.3 is 0 Å². The van der Waals surface area contributed by atoms with Gasteiger partial charge in [-0.05, 0) is 25.1 Å². The molecule has 1 N–H and O–H groups in total. The number of aromatic amines is 1. The Morgan fingerprint density at radius 1 is 1.23 bits per heavy atom. The van der Waals surface area contributed by atoms with Gasteiger partial charge >= 0.3 is 0 Å². The lowest BCUT2D eigenvalue weighted by Crippen LogP contribution is -1.92. The van der Waals surface area contributed by atoms with Crippen molar-refractivity contribution in [2.24, 2.45) is 0 Å². The van der Waals surface area contributed by atoms with Gasteiger partial charge in [0.1, 0.15) is 5.69 Å². The van der Waals surface area contributed by atoms with Crippen LogP contribution in [0.2, 0.25) is 10.0 Å². The Bertz CT molecular complexity index is 986. The molecule has 22 heavy (non-hydrogen) atoms. The molecule has 0 aliphatic rings. The van der Waals surface area contributed by atoms with E-state index in [1.54, 1.807) is 10.6 Å². The van der Waals surface area contributed by atoms with Crippen LogP contribution >= 0.6 is 34.5 Å². The summed E-state index contributed by atoms with van der Waals surface area (Å²) in [4.78, 5) is 0.668. The molecule has 0 spiro atoms. The number of H-pyrrole nitrogens is 1. The molecule has 0 aliphatic carbocycles. The minimum absolute atomic E-state index is 0.434. The number of hydrogen-bond donors (Lipinski definition) is 1. The van der Waals surface area contributed by atoms with Crippen molar-refractivity contribution in [1.82, 2.24) is 30.0 Å². The fraction of sp³-hybridized carbons (Fsp3) is 0.0769. The topological polar surface area (TPSA) is 71.8 Å². The second-order valence-corrected chi connectivity index (χ2v) is 6.40. The Hall–Kier alpha value is -1.96. The summed E-state index contributed by atoms with van der Waals surface area (Å²) in [5.41, 5.74) is 2.44. The van der Waals surface area contributed by atoms with Crippen LogP contribution in [-0.4, -0.2) is 30.0 Å². The Balaban J connectivity index is 1.89. The van der Waals surface area contributed by atoms with Crippen LogP contribution in [0, 0.1) is 6.92 Å². The van der Waals surface area contributed by atoms with Gasteiger partial charge in [-0.2, -0.15) is 14.7 Å². The van der Waals surface area contributed by atoms with Crippen LogP contribution in [-0.2, 0) is 0 Å². The van der Waals surface area contributed by atoms with Crippen molar-refractivity contribution >= 4 is 39.5 Å². The molecule has 0 bridgehead atoms. The monoisotopic (exact) mass is 350 g/mol. The highest BCUT2D eigenvalue weighted by Gasteiger charge is 2.18. The number of nitrogens with one attached hydrogen (secondary N) is 1. The lowest BCUT2D eigenvalue weighted by Gasteiger charge is -2.01. The summed E-state index contributed by atoms with van der Waals surface area (Å²) in [7, 11) is 0. The van der Waals surface area contributed by atoms with Crippen molar-refractivity contribution in [3.05, 3.63) is 40.0 Å². The summed E-state index contributed by atoms with van der Waals surface area (Å²) in [6.45, 7) is 1.94. The third-order valence-electron chi connectivity index (χ3n) is 3.11. The summed E-state index contributed by atoms with van der Waals surface area (Å²) in [6, 6.07) is 7.31. The lowest BCUT2D eigenvalue weighted by molar-refractivity contribution is 0.962. The van der Waals surface area contributed by atoms with E-state index < -0.39 is 0 Å². The number of nitrogens with zero attached hydrogens (tertiary/aromatic N) is 5. The maximum atomic E-state index is 6.26. The Labute approximate surface area is 138 Å². The number of rotatable bonds is 2. The van der Waals surface area contributed by atoms with E-state index in [1.807, 2.05) is 25.1 Å². The van der Waals surface area contributed by atoms with Gasteiger partial charge in [0.15, 0.2) is 10.8 Å². The molecular weight excluding hydrogens is 343 g/mol. The molecule has 3 heterocycles. The third-order valence-corrected chi connectivity index (χ3v) is 4.85. The highest BCUT2D eigenvalue weighted by atomic mass is 35.5. The van der Waals surface area contributed by atoms with Gasteiger partial charge in [0.05, 0.1) is 10.0 Å². The Kier molecular flexibility index (Phi) is 3.14. The van der Waals surface area contributed by atoms with Crippen molar-refractivity contribution in [2.75, 3.05) is 0 Å². The van der Waals surface area contributed by atoms with Gasteiger partial charge in [-0.3, -0.25) is 5.10 Å². The third kappa shape index (κ3) is 2.09. The van der Waals surface area contributed by atoms with Crippen molar-refractivity contribution in [3.8, 4) is 22.1 Å². The van der Waals surface area contributed by atoms with Crippen molar-refractivity contribution in [1.29, 1.82) is 0 Å². The molecule has 110 valence electrons. The fourth-order valence-corrected chi connectivity index (χ4v) is 3.28. The van der Waals surface area contributed by atoms with E-state index in [4.69, 9.17) is 23.2 Å². The number of aromatic nitrogens is 6. The molecule has 0 aliphatic heterocycles. The van der Waals surface area contributed by atoms with E-state index in [1.165, 1.54) is 11.3 Å². The second-order valence-electron chi connectivity index (χ2n) is 4.66. The minimum Gasteiger partial charge on any atom is -0.282 e. The van der Waals surface area contributed by atoms with Gasteiger partial charge in [-0.15, -0.1) is 10.2 Å². The number of aryl methyl sites for hydroxylation is 1. The quantitative estimate of drug-likeness (QED) is 0.595. The van der Waals surface area contributed by atoms with Crippen molar-refractivity contribution in [2.45, 2.75) is 6.92 Å². The molecule has 9 heteroatoms. The highest BCUT2D eigenvalue weighted by molar-refractivity contribution is 7.19. The molecule has 0 fully saturated rings. The number of halogens is 2. The van der Waals surface area contributed by atoms with Crippen molar-refractivity contribution in [3.63, 3.8) is 0 Å². The molecule has 0 saturated carbocycles. The van der Waals surface area contributed by atoms with Gasteiger partial charge in [-0.1, -0.05) is 40.6 Å². The number of benzene rings is 1. The highest BCUT2D eigenvalue weighted by Crippen LogP contribution is 2.34.